The van der Waals surface area contributed by atoms with Crippen molar-refractivity contribution in [3.63, 3.8) is 0 Å². The normalized spacial score (nSPS) is 19.9. The highest BCUT2D eigenvalue weighted by Gasteiger charge is 2.39. The summed E-state index contributed by atoms with van der Waals surface area (Å²) in [5.41, 5.74) is -0.0250. The second-order valence-electron chi connectivity index (χ2n) is 25.1. The molecule has 0 spiro atoms. The Balaban J connectivity index is 0.771. The molecule has 34 nitrogen and oxygen atoms in total. The van der Waals surface area contributed by atoms with E-state index in [0.29, 0.717) is 118 Å². The number of nitrogens with zero attached hydrogens (tertiary/aromatic N) is 5. The second kappa shape index (κ2) is 46.5. The number of alkyl carbamates (subject to hydrolysis) is 1. The summed E-state index contributed by atoms with van der Waals surface area (Å²) in [6, 6.07) is 8.84. The van der Waals surface area contributed by atoms with Crippen molar-refractivity contribution in [3.8, 4) is 34.5 Å². The zero-order chi connectivity index (χ0) is 75.1. The molecule has 0 fully saturated rings. The minimum atomic E-state index is -0.760. The van der Waals surface area contributed by atoms with E-state index in [0.717, 1.165) is 0 Å². The maximum absolute atomic E-state index is 14.1. The van der Waals surface area contributed by atoms with Crippen LogP contribution in [0.5, 0.6) is 34.5 Å². The molecule has 3 aromatic carbocycles. The molecule has 34 heteroatoms. The van der Waals surface area contributed by atoms with Crippen molar-refractivity contribution in [1.82, 2.24) is 29.8 Å². The molecule has 1 N–H and O–H groups in total. The van der Waals surface area contributed by atoms with Crippen LogP contribution in [0.1, 0.15) is 82.9 Å². The molecule has 0 bridgehead atoms. The Morgan fingerprint density at radius 3 is 0.802 bits per heavy atom. The largest absolute Gasteiger partial charge is 0.487 e. The molecule has 0 aromatic heterocycles. The van der Waals surface area contributed by atoms with Gasteiger partial charge in [-0.3, -0.25) is 43.7 Å². The van der Waals surface area contributed by atoms with Crippen molar-refractivity contribution in [2.24, 2.45) is 0 Å². The maximum atomic E-state index is 14.1. The summed E-state index contributed by atoms with van der Waals surface area (Å²) in [7, 11) is 2.40. The van der Waals surface area contributed by atoms with Gasteiger partial charge in [0.05, 0.1) is 213 Å². The summed E-state index contributed by atoms with van der Waals surface area (Å²) >= 11 is 0. The predicted molar refractivity (Wildman–Crippen MR) is 374 cm³/mol. The molecule has 0 saturated heterocycles. The number of imide groups is 2. The number of benzene rings is 3. The number of rotatable bonds is 10. The lowest BCUT2D eigenvalue weighted by atomic mass is 10.1. The predicted octanol–water partition coefficient (Wildman–Crippen LogP) is 2.75. The van der Waals surface area contributed by atoms with Gasteiger partial charge in [-0.15, -0.1) is 0 Å². The van der Waals surface area contributed by atoms with Crippen LogP contribution in [0.2, 0.25) is 0 Å². The average molecular weight is 1500 g/mol. The Hall–Kier alpha value is -7.65. The van der Waals surface area contributed by atoms with E-state index >= 15 is 0 Å². The zero-order valence-electron chi connectivity index (χ0n) is 61.6. The van der Waals surface area contributed by atoms with Crippen LogP contribution >= 0.6 is 0 Å². The van der Waals surface area contributed by atoms with Gasteiger partial charge < -0.3 is 105 Å². The first-order valence-electron chi connectivity index (χ1n) is 35.9. The van der Waals surface area contributed by atoms with Crippen LogP contribution in [0.3, 0.4) is 0 Å². The molecule has 0 aliphatic carbocycles. The second-order valence-corrected chi connectivity index (χ2v) is 25.1. The summed E-state index contributed by atoms with van der Waals surface area (Å²) in [4.78, 5) is 102. The SMILES string of the molecule is COC(=O)c1cc2c(cc1C(=O)OC)OCCOCCOCCN(CCN1C(=O)c3cc4c(cc3C1=O)OCCOCCOCCN(CCN1C(=O)c3cc5c(cc3C1=O)OCCOCCOCCN(CNC(=O)OC(C)(C)C)CCOCCOCCO5)CCOCCOCCO4)CCOCCOCCO2. The number of fused-ring (bicyclic) bond motifs is 5. The number of amides is 5. The first-order valence-corrected chi connectivity index (χ1v) is 35.9. The van der Waals surface area contributed by atoms with E-state index in [1.54, 1.807) is 20.8 Å². The van der Waals surface area contributed by atoms with Crippen molar-refractivity contribution in [3.05, 3.63) is 69.8 Å². The van der Waals surface area contributed by atoms with E-state index in [1.165, 1.54) is 60.4 Å². The van der Waals surface area contributed by atoms with Crippen LogP contribution in [-0.2, 0) is 71.1 Å². The zero-order valence-corrected chi connectivity index (χ0v) is 61.6. The summed E-state index contributed by atoms with van der Waals surface area (Å²) < 4.78 is 122. The van der Waals surface area contributed by atoms with Crippen molar-refractivity contribution < 1.29 is 133 Å². The van der Waals surface area contributed by atoms with Gasteiger partial charge >= 0.3 is 18.0 Å². The third kappa shape index (κ3) is 28.2. The minimum absolute atomic E-state index is 0.0586. The first kappa shape index (κ1) is 84.0. The number of ether oxygens (including phenoxy) is 21. The van der Waals surface area contributed by atoms with Gasteiger partial charge in [0.15, 0.2) is 34.5 Å². The Kier molecular flexibility index (Phi) is 36.9. The van der Waals surface area contributed by atoms with Gasteiger partial charge in [0.1, 0.15) is 45.2 Å². The lowest BCUT2D eigenvalue weighted by Gasteiger charge is -2.24. The van der Waals surface area contributed by atoms with Gasteiger partial charge in [-0.2, -0.15) is 0 Å². The molecule has 5 aliphatic rings. The van der Waals surface area contributed by atoms with Crippen LogP contribution in [-0.4, -0.2) is 356 Å². The standard InChI is InChI=1S/C72H104N6O28/c1-72(2,3)106-71(85)73-52-76-14-20-92-26-32-98-36-42-102-61-48-55-56(49-62(61)103-43-37-99-33-27-93-21-15-76)68(82)78(67(55)81)8-6-74-10-16-88-22-28-94-34-40-100-59-46-53-54(47-60(59)101-41-35-95-29-23-89-17-11-74)66(80)77(65(53)79)9-7-75-12-18-90-24-30-96-38-44-104-63-50-57(69(83)86-4)58(70(84)87-5)51-64(63)105-45-39-97-31-25-91-19-13-75/h46-51H,6-45,52H2,1-5H3,(H,73,85). The van der Waals surface area contributed by atoms with Gasteiger partial charge in [0.25, 0.3) is 23.6 Å². The molecule has 5 heterocycles. The lowest BCUT2D eigenvalue weighted by Crippen LogP contribution is -2.43. The van der Waals surface area contributed by atoms with E-state index in [1.807, 2.05) is 14.7 Å². The van der Waals surface area contributed by atoms with Gasteiger partial charge in [0, 0.05) is 65.4 Å². The Morgan fingerprint density at radius 2 is 0.557 bits per heavy atom. The van der Waals surface area contributed by atoms with E-state index in [9.17, 15) is 33.6 Å². The topological polar surface area (TPSA) is 342 Å². The van der Waals surface area contributed by atoms with Crippen LogP contribution in [0, 0.1) is 0 Å². The Morgan fingerprint density at radius 1 is 0.330 bits per heavy atom. The molecule has 0 unspecified atom stereocenters. The third-order valence-corrected chi connectivity index (χ3v) is 16.5. The molecule has 0 atom stereocenters. The van der Waals surface area contributed by atoms with E-state index in [-0.39, 0.29) is 220 Å². The van der Waals surface area contributed by atoms with Crippen molar-refractivity contribution in [2.75, 3.05) is 285 Å². The summed E-state index contributed by atoms with van der Waals surface area (Å²) in [5, 5.41) is 2.78. The van der Waals surface area contributed by atoms with Crippen molar-refractivity contribution in [2.45, 2.75) is 26.4 Å². The molecular formula is C72H104N6O28. The fourth-order valence-electron chi connectivity index (χ4n) is 11.1. The highest BCUT2D eigenvalue weighted by Crippen LogP contribution is 2.38. The Labute approximate surface area is 617 Å². The lowest BCUT2D eigenvalue weighted by molar-refractivity contribution is 0.0151. The fourth-order valence-corrected chi connectivity index (χ4v) is 11.1. The number of hydrogen-bond acceptors (Lipinski definition) is 31. The Bertz CT molecular complexity index is 3070. The molecule has 106 heavy (non-hydrogen) atoms. The van der Waals surface area contributed by atoms with Crippen LogP contribution in [0.4, 0.5) is 4.79 Å². The van der Waals surface area contributed by atoms with Crippen LogP contribution < -0.4 is 33.7 Å². The fraction of sp³-hybridized carbons (Fsp3) is 0.653. The maximum Gasteiger partial charge on any atom is 0.408 e. The summed E-state index contributed by atoms with van der Waals surface area (Å²) in [6.45, 7) is 16.1. The molecule has 5 amide bonds. The van der Waals surface area contributed by atoms with Crippen LogP contribution in [0.15, 0.2) is 36.4 Å². The molecule has 3 aromatic rings. The number of esters is 2. The third-order valence-electron chi connectivity index (χ3n) is 16.5. The monoisotopic (exact) mass is 1500 g/mol. The number of hydrogen-bond donors (Lipinski definition) is 1. The van der Waals surface area contributed by atoms with Gasteiger partial charge in [-0.25, -0.2) is 14.4 Å². The van der Waals surface area contributed by atoms with E-state index in [2.05, 4.69) is 5.32 Å². The highest BCUT2D eigenvalue weighted by atomic mass is 16.6. The van der Waals surface area contributed by atoms with Crippen LogP contribution in [0.25, 0.3) is 0 Å². The van der Waals surface area contributed by atoms with Gasteiger partial charge in [-0.1, -0.05) is 0 Å². The number of carbonyl (C=O) groups excluding carboxylic acids is 7. The smallest absolute Gasteiger partial charge is 0.408 e. The van der Waals surface area contributed by atoms with E-state index in [4.69, 9.17) is 99.5 Å². The van der Waals surface area contributed by atoms with Crippen molar-refractivity contribution >= 4 is 41.7 Å². The molecule has 8 rings (SSSR count). The molecule has 5 aliphatic heterocycles. The molecule has 590 valence electrons. The molecule has 0 radical (unpaired) electrons. The summed E-state index contributed by atoms with van der Waals surface area (Å²) in [6.07, 6.45) is -0.517. The quantitative estimate of drug-likeness (QED) is 0.173. The number of nitrogens with one attached hydrogen (secondary N) is 1. The summed E-state index contributed by atoms with van der Waals surface area (Å²) in [5.74, 6) is -2.00. The van der Waals surface area contributed by atoms with Gasteiger partial charge in [-0.05, 0) is 57.2 Å². The van der Waals surface area contributed by atoms with E-state index < -0.39 is 47.3 Å². The number of carbonyl (C=O) groups is 7. The average Bonchev–Trinajstić information content (AvgIpc) is 1.61. The first-order chi connectivity index (χ1) is 51.6. The molecule has 0 saturated carbocycles. The minimum Gasteiger partial charge on any atom is -0.487 e. The number of methoxy groups -OCH3 is 2. The van der Waals surface area contributed by atoms with Gasteiger partial charge in [0.2, 0.25) is 0 Å². The molecular weight excluding hydrogens is 1400 g/mol. The highest BCUT2D eigenvalue weighted by molar-refractivity contribution is 6.22. The van der Waals surface area contributed by atoms with Crippen molar-refractivity contribution in [1.29, 1.82) is 0 Å².